The average Bonchev–Trinajstić information content (AvgIpc) is 3.26. The first-order chi connectivity index (χ1) is 26.8. The topological polar surface area (TPSA) is 36.9 Å². The fourth-order valence-electron chi connectivity index (χ4n) is 6.96. The number of thioether (sulfide) groups is 2. The van der Waals surface area contributed by atoms with Gasteiger partial charge in [0.2, 0.25) is 0 Å². The van der Waals surface area contributed by atoms with E-state index in [1.807, 2.05) is 41.7 Å². The molecule has 54 heavy (non-hydrogen) atoms. The highest BCUT2D eigenvalue weighted by Crippen LogP contribution is 2.42. The van der Waals surface area contributed by atoms with Crippen molar-refractivity contribution in [3.8, 4) is 0 Å². The van der Waals surface area contributed by atoms with Crippen molar-refractivity contribution in [3.63, 3.8) is 0 Å². The van der Waals surface area contributed by atoms with Gasteiger partial charge in [-0.3, -0.25) is 0 Å². The summed E-state index contributed by atoms with van der Waals surface area (Å²) in [6.45, 7) is 1.55. The molecule has 0 spiro atoms. The molecule has 0 amide bonds. The molecule has 1 aliphatic heterocycles. The minimum Gasteiger partial charge on any atom is -0.369 e. The normalized spacial score (nSPS) is 15.3. The number of hydrogen-bond donors (Lipinski definition) is 0. The molecule has 1 aliphatic rings. The quantitative estimate of drug-likeness (QED) is 0.0814. The minimum absolute atomic E-state index is 0.160. The third kappa shape index (κ3) is 9.93. The third-order valence-corrected chi connectivity index (χ3v) is 12.8. The van der Waals surface area contributed by atoms with Gasteiger partial charge in [-0.05, 0) is 51.3 Å². The van der Waals surface area contributed by atoms with Crippen molar-refractivity contribution in [2.75, 3.05) is 18.1 Å². The molecule has 0 saturated carbocycles. The summed E-state index contributed by atoms with van der Waals surface area (Å²) in [6, 6.07) is 62.8. The van der Waals surface area contributed by atoms with E-state index in [1.54, 1.807) is 0 Å². The monoisotopic (exact) mass is 752 g/mol. The number of ether oxygens (including phenoxy) is 4. The Balaban J connectivity index is 1.31. The molecule has 1 fully saturated rings. The Morgan fingerprint density at radius 2 is 0.833 bits per heavy atom. The molecule has 0 N–H and O–H groups in total. The van der Waals surface area contributed by atoms with Gasteiger partial charge in [0.25, 0.3) is 0 Å². The van der Waals surface area contributed by atoms with Crippen LogP contribution in [0.1, 0.15) is 39.8 Å². The molecule has 0 unspecified atom stereocenters. The minimum atomic E-state index is -0.920. The van der Waals surface area contributed by atoms with Crippen LogP contribution in [-0.2, 0) is 44.4 Å². The fraction of sp³-hybridized carbons (Fsp3) is 0.250. The van der Waals surface area contributed by atoms with Gasteiger partial charge in [-0.1, -0.05) is 182 Å². The van der Waals surface area contributed by atoms with Crippen LogP contribution in [0, 0.1) is 0 Å². The van der Waals surface area contributed by atoms with Crippen molar-refractivity contribution in [1.82, 2.24) is 0 Å². The van der Waals surface area contributed by atoms with Crippen molar-refractivity contribution in [2.24, 2.45) is 0 Å². The maximum atomic E-state index is 7.50. The highest BCUT2D eigenvalue weighted by atomic mass is 32.2. The van der Waals surface area contributed by atoms with Crippen LogP contribution in [0.3, 0.4) is 0 Å². The number of hydrogen-bond acceptors (Lipinski definition) is 6. The highest BCUT2D eigenvalue weighted by Gasteiger charge is 2.43. The molecule has 1 saturated heterocycles. The van der Waals surface area contributed by atoms with Gasteiger partial charge >= 0.3 is 0 Å². The zero-order chi connectivity index (χ0) is 36.7. The van der Waals surface area contributed by atoms with E-state index in [2.05, 4.69) is 164 Å². The molecule has 6 aromatic carbocycles. The van der Waals surface area contributed by atoms with E-state index in [4.69, 9.17) is 18.9 Å². The molecular formula is C48H48O4S2. The van der Waals surface area contributed by atoms with Crippen molar-refractivity contribution in [1.29, 1.82) is 0 Å². The zero-order valence-electron chi connectivity index (χ0n) is 30.5. The van der Waals surface area contributed by atoms with Crippen molar-refractivity contribution < 1.29 is 18.9 Å². The zero-order valence-corrected chi connectivity index (χ0v) is 32.2. The molecule has 276 valence electrons. The van der Waals surface area contributed by atoms with Crippen LogP contribution >= 0.6 is 23.5 Å². The lowest BCUT2D eigenvalue weighted by Crippen LogP contribution is -2.50. The lowest BCUT2D eigenvalue weighted by Gasteiger charge is -2.41. The van der Waals surface area contributed by atoms with Gasteiger partial charge in [0.05, 0.1) is 31.0 Å². The maximum absolute atomic E-state index is 7.50. The molecule has 6 heteroatoms. The van der Waals surface area contributed by atoms with Crippen LogP contribution in [0.4, 0.5) is 0 Å². The molecule has 4 nitrogen and oxygen atoms in total. The van der Waals surface area contributed by atoms with Gasteiger partial charge < -0.3 is 18.9 Å². The Hall–Kier alpha value is -4.14. The van der Waals surface area contributed by atoms with Crippen LogP contribution in [0.25, 0.3) is 0 Å². The van der Waals surface area contributed by atoms with Crippen LogP contribution in [0.5, 0.6) is 0 Å². The smallest absolute Gasteiger partial charge is 0.143 e. The van der Waals surface area contributed by atoms with Crippen LogP contribution < -0.4 is 0 Å². The summed E-state index contributed by atoms with van der Waals surface area (Å²) in [5, 5.41) is 0. The van der Waals surface area contributed by atoms with Crippen LogP contribution in [0.15, 0.2) is 182 Å². The van der Waals surface area contributed by atoms with Gasteiger partial charge in [0, 0.05) is 0 Å². The van der Waals surface area contributed by atoms with E-state index in [1.165, 1.54) is 6.42 Å². The van der Waals surface area contributed by atoms with Crippen molar-refractivity contribution in [2.45, 2.75) is 54.7 Å². The molecule has 3 atom stereocenters. The molecule has 1 heterocycles. The standard InChI is InChI=1S/C48H48O4S2/c1-7-20-38(21-8-1)34-49-44(37-52-48(41-26-13-4-14-27-41,42-28-15-5-16-29-42)43-30-17-6-18-31-43)45(50-35-39-22-9-2-10-23-39)46(47-53-32-19-33-54-47)51-36-40-24-11-3-12-25-40/h1-18,20-31,44-47H,19,32-37H2/t44-,45+,46-/m1/s1. The Bertz CT molecular complexity index is 1810. The molecule has 0 bridgehead atoms. The molecule has 6 aromatic rings. The molecule has 7 rings (SSSR count). The second-order valence-corrected chi connectivity index (χ2v) is 16.2. The van der Waals surface area contributed by atoms with Gasteiger partial charge in [0.15, 0.2) is 0 Å². The van der Waals surface area contributed by atoms with E-state index >= 15 is 0 Å². The van der Waals surface area contributed by atoms with E-state index in [9.17, 15) is 0 Å². The SMILES string of the molecule is c1ccc(CO[C@@H]([C@@H](COC(c2ccccc2)(c2ccccc2)c2ccccc2)OCc2ccccc2)[C@@H](OCc2ccccc2)C2SCCCS2)cc1. The summed E-state index contributed by atoms with van der Waals surface area (Å²) in [6.07, 6.45) is -0.0559. The van der Waals surface area contributed by atoms with Crippen LogP contribution in [-0.4, -0.2) is 41.0 Å². The molecule has 0 radical (unpaired) electrons. The second kappa shape index (κ2) is 20.0. The summed E-state index contributed by atoms with van der Waals surface area (Å²) in [5.41, 5.74) is 5.53. The summed E-state index contributed by atoms with van der Waals surface area (Å²) >= 11 is 3.93. The van der Waals surface area contributed by atoms with E-state index < -0.39 is 17.8 Å². The second-order valence-electron chi connectivity index (χ2n) is 13.4. The van der Waals surface area contributed by atoms with Crippen molar-refractivity contribution >= 4 is 23.5 Å². The number of rotatable bonds is 18. The Morgan fingerprint density at radius 1 is 0.463 bits per heavy atom. The van der Waals surface area contributed by atoms with Gasteiger partial charge in [-0.15, -0.1) is 23.5 Å². The Labute approximate surface area is 329 Å². The van der Waals surface area contributed by atoms with Crippen LogP contribution in [0.2, 0.25) is 0 Å². The third-order valence-electron chi connectivity index (χ3n) is 9.69. The highest BCUT2D eigenvalue weighted by molar-refractivity contribution is 8.17. The summed E-state index contributed by atoms with van der Waals surface area (Å²) in [7, 11) is 0. The van der Waals surface area contributed by atoms with Gasteiger partial charge in [0.1, 0.15) is 23.9 Å². The van der Waals surface area contributed by atoms with Crippen molar-refractivity contribution in [3.05, 3.63) is 215 Å². The largest absolute Gasteiger partial charge is 0.369 e. The lowest BCUT2D eigenvalue weighted by atomic mass is 9.80. The van der Waals surface area contributed by atoms with E-state index in [0.29, 0.717) is 19.8 Å². The molecule has 0 aliphatic carbocycles. The molecular weight excluding hydrogens is 705 g/mol. The predicted octanol–water partition coefficient (Wildman–Crippen LogP) is 10.9. The fourth-order valence-corrected chi connectivity index (χ4v) is 10.0. The summed E-state index contributed by atoms with van der Waals surface area (Å²) < 4.78 is 28.9. The Kier molecular flexibility index (Phi) is 14.1. The first-order valence-electron chi connectivity index (χ1n) is 18.8. The van der Waals surface area contributed by atoms with Gasteiger partial charge in [-0.25, -0.2) is 0 Å². The maximum Gasteiger partial charge on any atom is 0.143 e. The first kappa shape index (κ1) is 38.1. The summed E-state index contributed by atoms with van der Waals surface area (Å²) in [5.74, 6) is 2.17. The summed E-state index contributed by atoms with van der Waals surface area (Å²) in [4.78, 5) is 0. The van der Waals surface area contributed by atoms with E-state index in [-0.39, 0.29) is 17.3 Å². The van der Waals surface area contributed by atoms with E-state index in [0.717, 1.165) is 44.9 Å². The predicted molar refractivity (Wildman–Crippen MR) is 224 cm³/mol. The molecule has 0 aromatic heterocycles. The number of benzene rings is 6. The first-order valence-corrected chi connectivity index (χ1v) is 20.9. The average molecular weight is 753 g/mol. The lowest BCUT2D eigenvalue weighted by molar-refractivity contribution is -0.173. The van der Waals surface area contributed by atoms with Gasteiger partial charge in [-0.2, -0.15) is 0 Å². The Morgan fingerprint density at radius 3 is 1.26 bits per heavy atom.